The van der Waals surface area contributed by atoms with Gasteiger partial charge in [-0.1, -0.05) is 0 Å². The smallest absolute Gasteiger partial charge is 0.173 e. The summed E-state index contributed by atoms with van der Waals surface area (Å²) in [6, 6.07) is 4.20. The van der Waals surface area contributed by atoms with Crippen LogP contribution in [-0.2, 0) is 0 Å². The van der Waals surface area contributed by atoms with Gasteiger partial charge in [-0.2, -0.15) is 0 Å². The summed E-state index contributed by atoms with van der Waals surface area (Å²) in [5, 5.41) is 6.49. The summed E-state index contributed by atoms with van der Waals surface area (Å²) in [7, 11) is 0. The Labute approximate surface area is 127 Å². The van der Waals surface area contributed by atoms with E-state index in [1.807, 2.05) is 0 Å². The molecule has 6 heteroatoms. The van der Waals surface area contributed by atoms with Crippen molar-refractivity contribution in [2.45, 2.75) is 13.8 Å². The Morgan fingerprint density at radius 3 is 2.84 bits per heavy atom. The molecule has 3 aromatic rings. The van der Waals surface area contributed by atoms with Crippen LogP contribution in [0.15, 0.2) is 22.0 Å². The van der Waals surface area contributed by atoms with Gasteiger partial charge in [-0.05, 0) is 41.9 Å². The molecule has 0 saturated heterocycles. The summed E-state index contributed by atoms with van der Waals surface area (Å²) in [6.07, 6.45) is 0. The standard InChI is InChI=1S/C13H12BrN3S2/c1-3-15-11-9-4-7(2)19-13(9)17-12(16-11)10-5-8(14)6-18-10/h4-6H,3H2,1-2H3,(H,15,16,17). The maximum atomic E-state index is 4.68. The summed E-state index contributed by atoms with van der Waals surface area (Å²) in [5.74, 6) is 1.72. The molecule has 0 spiro atoms. The molecular weight excluding hydrogens is 342 g/mol. The third-order valence-electron chi connectivity index (χ3n) is 2.65. The lowest BCUT2D eigenvalue weighted by Crippen LogP contribution is -2.01. The van der Waals surface area contributed by atoms with Crippen LogP contribution in [0.5, 0.6) is 0 Å². The number of aromatic nitrogens is 2. The van der Waals surface area contributed by atoms with Crippen molar-refractivity contribution in [3.63, 3.8) is 0 Å². The second kappa shape index (κ2) is 5.19. The molecule has 0 bridgehead atoms. The molecule has 0 unspecified atom stereocenters. The minimum absolute atomic E-state index is 0.793. The van der Waals surface area contributed by atoms with Crippen molar-refractivity contribution in [3.8, 4) is 10.7 Å². The molecule has 0 aliphatic heterocycles. The number of hydrogen-bond acceptors (Lipinski definition) is 5. The highest BCUT2D eigenvalue weighted by molar-refractivity contribution is 9.10. The maximum Gasteiger partial charge on any atom is 0.173 e. The number of fused-ring (bicyclic) bond motifs is 1. The lowest BCUT2D eigenvalue weighted by molar-refractivity contribution is 1.15. The maximum absolute atomic E-state index is 4.68. The van der Waals surface area contributed by atoms with Gasteiger partial charge < -0.3 is 5.32 Å². The molecule has 19 heavy (non-hydrogen) atoms. The van der Waals surface area contributed by atoms with Gasteiger partial charge in [0.25, 0.3) is 0 Å². The monoisotopic (exact) mass is 353 g/mol. The predicted octanol–water partition coefficient (Wildman–Crippen LogP) is 4.92. The van der Waals surface area contributed by atoms with Crippen LogP contribution in [0.4, 0.5) is 5.82 Å². The number of halogens is 1. The fourth-order valence-electron chi connectivity index (χ4n) is 1.88. The number of nitrogens with one attached hydrogen (secondary N) is 1. The van der Waals surface area contributed by atoms with Gasteiger partial charge in [0.05, 0.1) is 10.3 Å². The molecule has 1 N–H and O–H groups in total. The Hall–Kier alpha value is -0.980. The van der Waals surface area contributed by atoms with Crippen LogP contribution in [0, 0.1) is 6.92 Å². The van der Waals surface area contributed by atoms with Crippen LogP contribution in [0.1, 0.15) is 11.8 Å². The summed E-state index contributed by atoms with van der Waals surface area (Å²) >= 11 is 6.83. The number of anilines is 1. The average molecular weight is 354 g/mol. The van der Waals surface area contributed by atoms with Gasteiger partial charge in [-0.15, -0.1) is 22.7 Å². The quantitative estimate of drug-likeness (QED) is 0.725. The van der Waals surface area contributed by atoms with Crippen LogP contribution in [0.3, 0.4) is 0 Å². The fourth-order valence-corrected chi connectivity index (χ4v) is 4.12. The van der Waals surface area contributed by atoms with Gasteiger partial charge in [0.1, 0.15) is 10.6 Å². The molecule has 0 saturated carbocycles. The van der Waals surface area contributed by atoms with Crippen molar-refractivity contribution in [1.29, 1.82) is 0 Å². The topological polar surface area (TPSA) is 37.8 Å². The van der Waals surface area contributed by atoms with Crippen LogP contribution in [0.25, 0.3) is 20.9 Å². The first-order valence-corrected chi connectivity index (χ1v) is 8.42. The fraction of sp³-hybridized carbons (Fsp3) is 0.231. The predicted molar refractivity (Wildman–Crippen MR) is 87.3 cm³/mol. The van der Waals surface area contributed by atoms with E-state index in [-0.39, 0.29) is 0 Å². The normalized spacial score (nSPS) is 11.1. The van der Waals surface area contributed by atoms with Crippen molar-refractivity contribution in [1.82, 2.24) is 9.97 Å². The SMILES string of the molecule is CCNc1nc(-c2cc(Br)cs2)nc2sc(C)cc12. The zero-order valence-electron chi connectivity index (χ0n) is 10.5. The summed E-state index contributed by atoms with van der Waals surface area (Å²) in [5.41, 5.74) is 0. The van der Waals surface area contributed by atoms with E-state index < -0.39 is 0 Å². The molecular formula is C13H12BrN3S2. The number of hydrogen-bond donors (Lipinski definition) is 1. The van der Waals surface area contributed by atoms with E-state index in [9.17, 15) is 0 Å². The third-order valence-corrected chi connectivity index (χ3v) is 5.28. The van der Waals surface area contributed by atoms with Crippen molar-refractivity contribution in [3.05, 3.63) is 26.9 Å². The zero-order valence-corrected chi connectivity index (χ0v) is 13.7. The highest BCUT2D eigenvalue weighted by Gasteiger charge is 2.12. The van der Waals surface area contributed by atoms with E-state index in [1.165, 1.54) is 4.88 Å². The Kier molecular flexibility index (Phi) is 3.56. The van der Waals surface area contributed by atoms with Crippen LogP contribution < -0.4 is 5.32 Å². The Morgan fingerprint density at radius 2 is 2.16 bits per heavy atom. The van der Waals surface area contributed by atoms with Gasteiger partial charge in [0, 0.05) is 21.3 Å². The lowest BCUT2D eigenvalue weighted by Gasteiger charge is -2.05. The van der Waals surface area contributed by atoms with Gasteiger partial charge in [-0.3, -0.25) is 0 Å². The third kappa shape index (κ3) is 2.52. The van der Waals surface area contributed by atoms with E-state index in [0.717, 1.165) is 37.8 Å². The van der Waals surface area contributed by atoms with Gasteiger partial charge >= 0.3 is 0 Å². The minimum atomic E-state index is 0.793. The first-order valence-electron chi connectivity index (χ1n) is 5.94. The molecule has 3 nitrogen and oxygen atoms in total. The molecule has 0 atom stereocenters. The molecule has 0 radical (unpaired) electrons. The van der Waals surface area contributed by atoms with E-state index >= 15 is 0 Å². The van der Waals surface area contributed by atoms with Crippen LogP contribution in [0.2, 0.25) is 0 Å². The molecule has 0 fully saturated rings. The highest BCUT2D eigenvalue weighted by Crippen LogP contribution is 2.33. The molecule has 3 aromatic heterocycles. The van der Waals surface area contributed by atoms with Crippen molar-refractivity contribution in [2.75, 3.05) is 11.9 Å². The molecule has 0 aliphatic rings. The summed E-state index contributed by atoms with van der Waals surface area (Å²) < 4.78 is 1.07. The highest BCUT2D eigenvalue weighted by atomic mass is 79.9. The van der Waals surface area contributed by atoms with Crippen LogP contribution >= 0.6 is 38.6 Å². The molecule has 0 aromatic carbocycles. The van der Waals surface area contributed by atoms with Crippen molar-refractivity contribution >= 4 is 54.6 Å². The molecule has 0 aliphatic carbocycles. The Bertz CT molecular complexity index is 733. The van der Waals surface area contributed by atoms with Crippen molar-refractivity contribution < 1.29 is 0 Å². The first kappa shape index (κ1) is 13.0. The average Bonchev–Trinajstić information content (AvgIpc) is 2.94. The molecule has 98 valence electrons. The number of thiophene rings is 2. The first-order chi connectivity index (χ1) is 9.17. The minimum Gasteiger partial charge on any atom is -0.370 e. The summed E-state index contributed by atoms with van der Waals surface area (Å²) in [4.78, 5) is 12.7. The number of rotatable bonds is 3. The lowest BCUT2D eigenvalue weighted by atomic mass is 10.3. The van der Waals surface area contributed by atoms with E-state index in [4.69, 9.17) is 0 Å². The van der Waals surface area contributed by atoms with Crippen LogP contribution in [-0.4, -0.2) is 16.5 Å². The van der Waals surface area contributed by atoms with Gasteiger partial charge in [0.15, 0.2) is 5.82 Å². The second-order valence-corrected chi connectivity index (χ2v) is 7.19. The van der Waals surface area contributed by atoms with Gasteiger partial charge in [-0.25, -0.2) is 9.97 Å². The number of aryl methyl sites for hydroxylation is 1. The molecule has 3 heterocycles. The Balaban J connectivity index is 2.20. The van der Waals surface area contributed by atoms with E-state index in [2.05, 4.69) is 62.6 Å². The van der Waals surface area contributed by atoms with Gasteiger partial charge in [0.2, 0.25) is 0 Å². The second-order valence-electron chi connectivity index (χ2n) is 4.13. The molecule has 3 rings (SSSR count). The zero-order chi connectivity index (χ0) is 13.4. The van der Waals surface area contributed by atoms with E-state index in [0.29, 0.717) is 0 Å². The van der Waals surface area contributed by atoms with E-state index in [1.54, 1.807) is 22.7 Å². The molecule has 0 amide bonds. The summed E-state index contributed by atoms with van der Waals surface area (Å²) in [6.45, 7) is 5.03. The largest absolute Gasteiger partial charge is 0.370 e. The Morgan fingerprint density at radius 1 is 1.32 bits per heavy atom. The van der Waals surface area contributed by atoms with Crippen molar-refractivity contribution in [2.24, 2.45) is 0 Å². The number of nitrogens with zero attached hydrogens (tertiary/aromatic N) is 2.